The molecule has 1 aromatic rings. The summed E-state index contributed by atoms with van der Waals surface area (Å²) < 4.78 is 46.3. The molecule has 1 aliphatic carbocycles. The van der Waals surface area contributed by atoms with Crippen LogP contribution in [0.15, 0.2) is 41.3 Å². The molecule has 0 bridgehead atoms. The lowest BCUT2D eigenvalue weighted by Crippen LogP contribution is -2.57. The van der Waals surface area contributed by atoms with Crippen molar-refractivity contribution in [1.82, 2.24) is 14.9 Å². The van der Waals surface area contributed by atoms with Crippen LogP contribution >= 0.6 is 0 Å². The molecule has 38 heavy (non-hydrogen) atoms. The molecule has 4 N–H and O–H groups in total. The number of carbonyl (C=O) groups is 4. The molecule has 4 rings (SSSR count). The van der Waals surface area contributed by atoms with Gasteiger partial charge in [-0.05, 0) is 63.1 Å². The SMILES string of the molecule is NC(=O)OC1CCCCC/C=C/C2CC2(C(=O)NS(=O)(=O)c2cccc(F)c2)NC(=O)C2CCCN2C1=O. The number of nitrogens with two attached hydrogens (primary N) is 1. The van der Waals surface area contributed by atoms with Crippen molar-refractivity contribution in [3.05, 3.63) is 42.2 Å². The van der Waals surface area contributed by atoms with E-state index in [2.05, 4.69) is 5.32 Å². The van der Waals surface area contributed by atoms with Gasteiger partial charge in [-0.1, -0.05) is 24.6 Å². The second-order valence-electron chi connectivity index (χ2n) is 9.84. The predicted octanol–water partition coefficient (Wildman–Crippen LogP) is 1.48. The molecule has 2 heterocycles. The highest BCUT2D eigenvalue weighted by Gasteiger charge is 2.61. The van der Waals surface area contributed by atoms with E-state index in [0.29, 0.717) is 25.7 Å². The average Bonchev–Trinajstić information content (AvgIpc) is 3.31. The first-order valence-electron chi connectivity index (χ1n) is 12.6. The zero-order valence-corrected chi connectivity index (χ0v) is 21.5. The van der Waals surface area contributed by atoms with Crippen LogP contribution < -0.4 is 15.8 Å². The molecule has 4 atom stereocenters. The fourth-order valence-electron chi connectivity index (χ4n) is 5.08. The van der Waals surface area contributed by atoms with Gasteiger partial charge in [0.2, 0.25) is 5.91 Å². The van der Waals surface area contributed by atoms with Crippen molar-refractivity contribution in [3.63, 3.8) is 0 Å². The summed E-state index contributed by atoms with van der Waals surface area (Å²) in [6, 6.07) is 3.31. The van der Waals surface area contributed by atoms with Crippen molar-refractivity contribution in [2.75, 3.05) is 6.54 Å². The van der Waals surface area contributed by atoms with E-state index in [-0.39, 0.29) is 19.4 Å². The molecule has 0 spiro atoms. The molecule has 1 saturated carbocycles. The maximum atomic E-state index is 13.6. The molecule has 0 aromatic heterocycles. The number of hydrogen-bond acceptors (Lipinski definition) is 7. The second kappa shape index (κ2) is 11.1. The Kier molecular flexibility index (Phi) is 8.05. The summed E-state index contributed by atoms with van der Waals surface area (Å²) in [5.74, 6) is -3.33. The van der Waals surface area contributed by atoms with Crippen LogP contribution in [-0.2, 0) is 29.1 Å². The Hall–Kier alpha value is -3.48. The number of carbonyl (C=O) groups excluding carboxylic acids is 4. The minimum Gasteiger partial charge on any atom is -0.436 e. The third-order valence-corrected chi connectivity index (χ3v) is 8.51. The minimum absolute atomic E-state index is 0.161. The van der Waals surface area contributed by atoms with Crippen LogP contribution in [0.1, 0.15) is 51.4 Å². The second-order valence-corrected chi connectivity index (χ2v) is 11.5. The zero-order chi connectivity index (χ0) is 27.5. The molecule has 2 aliphatic heterocycles. The lowest BCUT2D eigenvalue weighted by Gasteiger charge is -2.29. The summed E-state index contributed by atoms with van der Waals surface area (Å²) in [6.07, 6.45) is 5.50. The monoisotopic (exact) mass is 550 g/mol. The van der Waals surface area contributed by atoms with Gasteiger partial charge in [-0.2, -0.15) is 0 Å². The number of primary amides is 1. The number of hydrogen-bond donors (Lipinski definition) is 3. The van der Waals surface area contributed by atoms with E-state index in [1.165, 1.54) is 11.0 Å². The summed E-state index contributed by atoms with van der Waals surface area (Å²) in [5, 5.41) is 2.70. The lowest BCUT2D eigenvalue weighted by atomic mass is 10.1. The number of sulfonamides is 1. The Balaban J connectivity index is 1.59. The molecule has 1 saturated heterocycles. The summed E-state index contributed by atoms with van der Waals surface area (Å²) in [5.41, 5.74) is 3.63. The number of fused-ring (bicyclic) bond motifs is 2. The smallest absolute Gasteiger partial charge is 0.405 e. The Morgan fingerprint density at radius 1 is 1.16 bits per heavy atom. The molecule has 13 heteroatoms. The topological polar surface area (TPSA) is 165 Å². The fourth-order valence-corrected chi connectivity index (χ4v) is 6.15. The normalized spacial score (nSPS) is 29.1. The van der Waals surface area contributed by atoms with Crippen LogP contribution in [0.2, 0.25) is 0 Å². The van der Waals surface area contributed by atoms with Crippen molar-refractivity contribution in [3.8, 4) is 0 Å². The standard InChI is InChI=1S/C25H31FN4O7S/c26-17-9-6-10-18(14-17)38(35,36)29-23(33)25-15-16(25)8-4-2-1-3-5-12-20(37-24(27)34)22(32)30-13-7-11-19(30)21(31)28-25/h4,6,8-10,14,16,19-20H,1-3,5,7,11-13,15H2,(H2,27,34)(H,28,31)(H,29,33)/b8-4+. The van der Waals surface area contributed by atoms with Crippen molar-refractivity contribution < 1.29 is 36.7 Å². The zero-order valence-electron chi connectivity index (χ0n) is 20.7. The molecular weight excluding hydrogens is 519 g/mol. The van der Waals surface area contributed by atoms with Crippen molar-refractivity contribution in [1.29, 1.82) is 0 Å². The van der Waals surface area contributed by atoms with Gasteiger partial charge in [0.15, 0.2) is 6.10 Å². The van der Waals surface area contributed by atoms with Gasteiger partial charge in [-0.3, -0.25) is 14.4 Å². The first kappa shape index (κ1) is 27.6. The Morgan fingerprint density at radius 3 is 2.68 bits per heavy atom. The molecule has 4 amide bonds. The molecule has 2 fully saturated rings. The molecule has 3 aliphatic rings. The Bertz CT molecular complexity index is 1250. The van der Waals surface area contributed by atoms with E-state index < -0.39 is 68.2 Å². The maximum Gasteiger partial charge on any atom is 0.405 e. The predicted molar refractivity (Wildman–Crippen MR) is 132 cm³/mol. The van der Waals surface area contributed by atoms with E-state index in [9.17, 15) is 32.0 Å². The number of amides is 4. The number of allylic oxidation sites excluding steroid dienone is 1. The number of nitrogens with one attached hydrogen (secondary N) is 2. The van der Waals surface area contributed by atoms with Gasteiger partial charge >= 0.3 is 6.09 Å². The summed E-state index contributed by atoms with van der Waals surface area (Å²) in [4.78, 5) is 52.3. The summed E-state index contributed by atoms with van der Waals surface area (Å²) in [6.45, 7) is 0.256. The Morgan fingerprint density at radius 2 is 1.95 bits per heavy atom. The third-order valence-electron chi connectivity index (χ3n) is 7.18. The van der Waals surface area contributed by atoms with Gasteiger partial charge in [0.25, 0.3) is 21.8 Å². The van der Waals surface area contributed by atoms with E-state index >= 15 is 0 Å². The van der Waals surface area contributed by atoms with E-state index in [1.807, 2.05) is 10.8 Å². The third kappa shape index (κ3) is 5.98. The van der Waals surface area contributed by atoms with Crippen molar-refractivity contribution >= 4 is 33.8 Å². The average molecular weight is 551 g/mol. The molecule has 4 unspecified atom stereocenters. The van der Waals surface area contributed by atoms with Crippen LogP contribution in [0.5, 0.6) is 0 Å². The number of halogens is 1. The van der Waals surface area contributed by atoms with Gasteiger partial charge in [0.1, 0.15) is 17.4 Å². The van der Waals surface area contributed by atoms with Crippen LogP contribution in [0.4, 0.5) is 9.18 Å². The highest BCUT2D eigenvalue weighted by Crippen LogP contribution is 2.45. The first-order valence-corrected chi connectivity index (χ1v) is 14.1. The fraction of sp³-hybridized carbons (Fsp3) is 0.520. The maximum absolute atomic E-state index is 13.6. The molecular formula is C25H31FN4O7S. The van der Waals surface area contributed by atoms with Gasteiger partial charge in [-0.25, -0.2) is 22.3 Å². The number of ether oxygens (including phenoxy) is 1. The van der Waals surface area contributed by atoms with E-state index in [4.69, 9.17) is 10.5 Å². The highest BCUT2D eigenvalue weighted by molar-refractivity contribution is 7.90. The van der Waals surface area contributed by atoms with Crippen LogP contribution in [0.25, 0.3) is 0 Å². The summed E-state index contributed by atoms with van der Waals surface area (Å²) >= 11 is 0. The quantitative estimate of drug-likeness (QED) is 0.478. The molecule has 0 radical (unpaired) electrons. The van der Waals surface area contributed by atoms with E-state index in [0.717, 1.165) is 31.0 Å². The van der Waals surface area contributed by atoms with Gasteiger partial charge in [-0.15, -0.1) is 0 Å². The number of benzene rings is 1. The number of nitrogens with zero attached hydrogens (tertiary/aromatic N) is 1. The molecule has 206 valence electrons. The lowest BCUT2D eigenvalue weighted by molar-refractivity contribution is -0.146. The van der Waals surface area contributed by atoms with Gasteiger partial charge < -0.3 is 20.7 Å². The Labute approximate surface area is 220 Å². The molecule has 1 aromatic carbocycles. The van der Waals surface area contributed by atoms with E-state index in [1.54, 1.807) is 6.08 Å². The minimum atomic E-state index is -4.41. The van der Waals surface area contributed by atoms with Crippen molar-refractivity contribution in [2.24, 2.45) is 11.7 Å². The van der Waals surface area contributed by atoms with Crippen LogP contribution in [0.3, 0.4) is 0 Å². The van der Waals surface area contributed by atoms with Crippen LogP contribution in [-0.4, -0.2) is 61.4 Å². The number of rotatable bonds is 4. The molecule has 11 nitrogen and oxygen atoms in total. The van der Waals surface area contributed by atoms with Crippen molar-refractivity contribution in [2.45, 2.75) is 73.9 Å². The summed E-state index contributed by atoms with van der Waals surface area (Å²) in [7, 11) is -4.41. The highest BCUT2D eigenvalue weighted by atomic mass is 32.2. The largest absolute Gasteiger partial charge is 0.436 e. The van der Waals surface area contributed by atoms with Gasteiger partial charge in [0, 0.05) is 12.5 Å². The van der Waals surface area contributed by atoms with Crippen LogP contribution in [0, 0.1) is 11.7 Å². The van der Waals surface area contributed by atoms with Gasteiger partial charge in [0.05, 0.1) is 4.90 Å². The first-order chi connectivity index (χ1) is 18.0.